The predicted octanol–water partition coefficient (Wildman–Crippen LogP) is 2.65. The van der Waals surface area contributed by atoms with E-state index in [1.807, 2.05) is 6.92 Å². The quantitative estimate of drug-likeness (QED) is 0.818. The van der Waals surface area contributed by atoms with Crippen molar-refractivity contribution in [3.8, 4) is 0 Å². The second-order valence-corrected chi connectivity index (χ2v) is 8.00. The van der Waals surface area contributed by atoms with Gasteiger partial charge < -0.3 is 10.6 Å². The van der Waals surface area contributed by atoms with Crippen molar-refractivity contribution >= 4 is 11.7 Å². The van der Waals surface area contributed by atoms with Crippen molar-refractivity contribution in [3.05, 3.63) is 11.8 Å². The van der Waals surface area contributed by atoms with Crippen LogP contribution in [0.4, 0.5) is 19.0 Å². The average molecular weight is 385 g/mol. The van der Waals surface area contributed by atoms with E-state index in [-0.39, 0.29) is 24.3 Å². The van der Waals surface area contributed by atoms with Crippen molar-refractivity contribution in [1.29, 1.82) is 0 Å². The molecule has 150 valence electrons. The van der Waals surface area contributed by atoms with Crippen LogP contribution in [0.1, 0.15) is 56.7 Å². The van der Waals surface area contributed by atoms with Crippen molar-refractivity contribution in [3.63, 3.8) is 0 Å². The summed E-state index contributed by atoms with van der Waals surface area (Å²) in [4.78, 5) is 14.0. The molecule has 1 aliphatic carbocycles. The van der Waals surface area contributed by atoms with Crippen LogP contribution in [0.3, 0.4) is 0 Å². The number of rotatable bonds is 5. The van der Waals surface area contributed by atoms with Crippen LogP contribution in [0, 0.1) is 0 Å². The molecule has 0 bridgehead atoms. The molecule has 0 radical (unpaired) electrons. The molecule has 27 heavy (non-hydrogen) atoms. The molecule has 3 aliphatic rings. The number of carbonyl (C=O) groups excluding carboxylic acids is 1. The van der Waals surface area contributed by atoms with Gasteiger partial charge in [-0.3, -0.25) is 9.69 Å². The predicted molar refractivity (Wildman–Crippen MR) is 94.6 cm³/mol. The normalized spacial score (nSPS) is 28.7. The summed E-state index contributed by atoms with van der Waals surface area (Å²) in [6.07, 6.45) is -0.745. The highest BCUT2D eigenvalue weighted by Crippen LogP contribution is 2.41. The fourth-order valence-corrected chi connectivity index (χ4v) is 4.06. The summed E-state index contributed by atoms with van der Waals surface area (Å²) >= 11 is 0. The molecule has 2 fully saturated rings. The molecule has 0 aromatic carbocycles. The van der Waals surface area contributed by atoms with Gasteiger partial charge in [0.2, 0.25) is 5.91 Å². The van der Waals surface area contributed by atoms with Crippen molar-refractivity contribution < 1.29 is 18.0 Å². The molecule has 1 amide bonds. The molecule has 4 rings (SSSR count). The lowest BCUT2D eigenvalue weighted by molar-refractivity contribution is -0.173. The van der Waals surface area contributed by atoms with E-state index in [0.717, 1.165) is 30.5 Å². The summed E-state index contributed by atoms with van der Waals surface area (Å²) in [7, 11) is 0. The van der Waals surface area contributed by atoms with E-state index in [2.05, 4.69) is 20.6 Å². The number of carbonyl (C=O) groups is 1. The maximum absolute atomic E-state index is 13.5. The first-order valence-electron chi connectivity index (χ1n) is 9.78. The lowest BCUT2D eigenvalue weighted by Crippen LogP contribution is -2.38. The fraction of sp³-hybridized carbons (Fsp3) is 0.778. The third kappa shape index (κ3) is 4.07. The van der Waals surface area contributed by atoms with Gasteiger partial charge in [0, 0.05) is 30.6 Å². The fourth-order valence-electron chi connectivity index (χ4n) is 4.06. The van der Waals surface area contributed by atoms with Crippen LogP contribution < -0.4 is 10.6 Å². The summed E-state index contributed by atoms with van der Waals surface area (Å²) in [6, 6.07) is 0.334. The van der Waals surface area contributed by atoms with E-state index < -0.39 is 12.2 Å². The molecule has 9 heteroatoms. The number of aromatic nitrogens is 2. The molecule has 2 N–H and O–H groups in total. The first-order valence-corrected chi connectivity index (χ1v) is 9.78. The Hall–Kier alpha value is -1.77. The lowest BCUT2D eigenvalue weighted by Gasteiger charge is -2.32. The molecule has 1 saturated carbocycles. The number of hydrogen-bond acceptors (Lipinski definition) is 4. The van der Waals surface area contributed by atoms with Crippen molar-refractivity contribution in [2.75, 3.05) is 25.0 Å². The van der Waals surface area contributed by atoms with E-state index in [4.69, 9.17) is 0 Å². The molecule has 6 nitrogen and oxygen atoms in total. The van der Waals surface area contributed by atoms with Gasteiger partial charge in [0.05, 0.1) is 12.2 Å². The number of fused-ring (bicyclic) bond motifs is 1. The standard InChI is InChI=1S/C18H26F3N5O/c1-2-12-7-15(18(19,20)21)26-16(22-12)8-14(24-26)11-5-6-25(9-11)10-17(27)23-13-3-4-13/h8,11-13,15,22H,2-7,9-10H2,1H3,(H,23,27)/t11-,12-,15-/m1/s1. The second kappa shape index (κ2) is 7.00. The zero-order valence-corrected chi connectivity index (χ0v) is 15.4. The Morgan fingerprint density at radius 1 is 1.37 bits per heavy atom. The third-order valence-corrected chi connectivity index (χ3v) is 5.78. The summed E-state index contributed by atoms with van der Waals surface area (Å²) in [5, 5.41) is 10.5. The maximum Gasteiger partial charge on any atom is 0.410 e. The monoisotopic (exact) mass is 385 g/mol. The molecule has 1 aromatic rings. The van der Waals surface area contributed by atoms with E-state index in [9.17, 15) is 18.0 Å². The summed E-state index contributed by atoms with van der Waals surface area (Å²) < 4.78 is 41.6. The first kappa shape index (κ1) is 18.6. The van der Waals surface area contributed by atoms with E-state index >= 15 is 0 Å². The molecule has 0 unspecified atom stereocenters. The van der Waals surface area contributed by atoms with Crippen molar-refractivity contribution in [2.24, 2.45) is 0 Å². The topological polar surface area (TPSA) is 62.2 Å². The molecule has 3 heterocycles. The Morgan fingerprint density at radius 3 is 2.81 bits per heavy atom. The minimum absolute atomic E-state index is 0.00620. The van der Waals surface area contributed by atoms with Crippen LogP contribution >= 0.6 is 0 Å². The summed E-state index contributed by atoms with van der Waals surface area (Å²) in [6.45, 7) is 3.66. The highest BCUT2D eigenvalue weighted by atomic mass is 19.4. The first-order chi connectivity index (χ1) is 12.8. The van der Waals surface area contributed by atoms with Gasteiger partial charge in [-0.2, -0.15) is 18.3 Å². The molecule has 0 spiro atoms. The van der Waals surface area contributed by atoms with Crippen molar-refractivity contribution in [1.82, 2.24) is 20.0 Å². The average Bonchev–Trinajstić information content (AvgIpc) is 3.12. The Kier molecular flexibility index (Phi) is 4.82. The second-order valence-electron chi connectivity index (χ2n) is 8.00. The van der Waals surface area contributed by atoms with Crippen LogP contribution in [-0.2, 0) is 4.79 Å². The van der Waals surface area contributed by atoms with Gasteiger partial charge in [-0.15, -0.1) is 0 Å². The lowest BCUT2D eigenvalue weighted by atomic mass is 10.0. The Labute approximate surface area is 156 Å². The number of hydrogen-bond donors (Lipinski definition) is 2. The number of nitrogens with one attached hydrogen (secondary N) is 2. The molecule has 1 aromatic heterocycles. The van der Waals surface area contributed by atoms with Crippen LogP contribution in [-0.4, -0.2) is 58.5 Å². The van der Waals surface area contributed by atoms with Gasteiger partial charge in [0.1, 0.15) is 5.82 Å². The summed E-state index contributed by atoms with van der Waals surface area (Å²) in [5.41, 5.74) is 0.689. The zero-order chi connectivity index (χ0) is 19.2. The number of alkyl halides is 3. The smallest absolute Gasteiger partial charge is 0.367 e. The number of anilines is 1. The minimum atomic E-state index is -4.31. The highest BCUT2D eigenvalue weighted by Gasteiger charge is 2.46. The van der Waals surface area contributed by atoms with E-state index in [1.54, 1.807) is 6.07 Å². The molecule has 3 atom stereocenters. The van der Waals surface area contributed by atoms with Gasteiger partial charge >= 0.3 is 6.18 Å². The Balaban J connectivity index is 1.44. The van der Waals surface area contributed by atoms with Gasteiger partial charge in [-0.1, -0.05) is 6.92 Å². The largest absolute Gasteiger partial charge is 0.410 e. The molecule has 2 aliphatic heterocycles. The number of nitrogens with zero attached hydrogens (tertiary/aromatic N) is 3. The van der Waals surface area contributed by atoms with Crippen molar-refractivity contribution in [2.45, 2.75) is 69.2 Å². The van der Waals surface area contributed by atoms with Gasteiger partial charge in [-0.25, -0.2) is 4.68 Å². The van der Waals surface area contributed by atoms with Gasteiger partial charge in [-0.05, 0) is 38.6 Å². The third-order valence-electron chi connectivity index (χ3n) is 5.78. The maximum atomic E-state index is 13.5. The zero-order valence-electron chi connectivity index (χ0n) is 15.4. The Morgan fingerprint density at radius 2 is 2.15 bits per heavy atom. The van der Waals surface area contributed by atoms with Crippen LogP contribution in [0.25, 0.3) is 0 Å². The molecule has 1 saturated heterocycles. The van der Waals surface area contributed by atoms with Gasteiger partial charge in [0.25, 0.3) is 0 Å². The Bertz CT molecular complexity index is 700. The van der Waals surface area contributed by atoms with Crippen LogP contribution in [0.2, 0.25) is 0 Å². The summed E-state index contributed by atoms with van der Waals surface area (Å²) in [5.74, 6) is 0.551. The van der Waals surface area contributed by atoms with E-state index in [0.29, 0.717) is 37.1 Å². The number of halogens is 3. The number of likely N-dealkylation sites (tertiary alicyclic amines) is 1. The highest BCUT2D eigenvalue weighted by molar-refractivity contribution is 5.78. The van der Waals surface area contributed by atoms with Crippen LogP contribution in [0.15, 0.2) is 6.07 Å². The van der Waals surface area contributed by atoms with Gasteiger partial charge in [0.15, 0.2) is 6.04 Å². The van der Waals surface area contributed by atoms with E-state index in [1.165, 1.54) is 0 Å². The SMILES string of the molecule is CC[C@@H]1C[C@H](C(F)(F)F)n2nc([C@@H]3CCN(CC(=O)NC4CC4)C3)cc2N1. The van der Waals surface area contributed by atoms with Crippen LogP contribution in [0.5, 0.6) is 0 Å². The molecular weight excluding hydrogens is 359 g/mol. The molecular formula is C18H26F3N5O. The minimum Gasteiger partial charge on any atom is -0.367 e. The number of amides is 1.